The number of fused-ring (bicyclic) bond motifs is 8. The summed E-state index contributed by atoms with van der Waals surface area (Å²) in [6, 6.07) is 51.6. The van der Waals surface area contributed by atoms with Crippen molar-refractivity contribution in [1.29, 1.82) is 0 Å². The number of aromatic nitrogens is 2. The molecule has 224 valence electrons. The van der Waals surface area contributed by atoms with E-state index < -0.39 is 0 Å². The molecule has 2 nitrogen and oxygen atoms in total. The topological polar surface area (TPSA) is 9.86 Å². The fourth-order valence-electron chi connectivity index (χ4n) is 8.75. The normalized spacial score (nSPS) is 16.9. The third-order valence-corrected chi connectivity index (χ3v) is 10.9. The second-order valence-electron chi connectivity index (χ2n) is 13.7. The van der Waals surface area contributed by atoms with E-state index in [1.54, 1.807) is 0 Å². The number of hydrogen-bond donors (Lipinski definition) is 0. The minimum atomic E-state index is -0.0982. The second-order valence-corrected chi connectivity index (χ2v) is 13.7. The van der Waals surface area contributed by atoms with Gasteiger partial charge in [0.05, 0.1) is 22.1 Å². The van der Waals surface area contributed by atoms with E-state index in [-0.39, 0.29) is 5.41 Å². The van der Waals surface area contributed by atoms with E-state index in [0.29, 0.717) is 5.92 Å². The fraction of sp³-hybridized carbons (Fsp3) is 0.111. The Labute approximate surface area is 274 Å². The van der Waals surface area contributed by atoms with Crippen molar-refractivity contribution in [2.75, 3.05) is 0 Å². The fourth-order valence-corrected chi connectivity index (χ4v) is 8.75. The highest BCUT2D eigenvalue weighted by atomic mass is 15.0. The third kappa shape index (κ3) is 3.67. The molecule has 0 saturated carbocycles. The zero-order chi connectivity index (χ0) is 31.3. The van der Waals surface area contributed by atoms with Gasteiger partial charge < -0.3 is 9.13 Å². The van der Waals surface area contributed by atoms with Gasteiger partial charge >= 0.3 is 0 Å². The van der Waals surface area contributed by atoms with Crippen LogP contribution in [0.15, 0.2) is 157 Å². The quantitative estimate of drug-likeness (QED) is 0.190. The lowest BCUT2D eigenvalue weighted by Crippen LogP contribution is -2.17. The van der Waals surface area contributed by atoms with Crippen LogP contribution >= 0.6 is 0 Å². The van der Waals surface area contributed by atoms with E-state index >= 15 is 0 Å². The standard InChI is InChI=1S/C45H34N2/c1-45(2)38-20-12-19-32(29-13-11-14-30(27-29)46-40-21-7-3-15-33(40)34-16-4-8-22-41(34)46)44(38)37-26-25-31(28-39(37)45)47-42-23-9-5-17-35(42)36-18-6-10-24-43(36)47/h3-18,20-28,32H,19H2,1-2H3. The van der Waals surface area contributed by atoms with Crippen LogP contribution in [-0.2, 0) is 5.41 Å². The molecule has 2 heteroatoms. The van der Waals surface area contributed by atoms with Gasteiger partial charge in [0, 0.05) is 44.3 Å². The van der Waals surface area contributed by atoms with Crippen LogP contribution in [0.2, 0.25) is 0 Å². The predicted molar refractivity (Wildman–Crippen MR) is 198 cm³/mol. The van der Waals surface area contributed by atoms with Gasteiger partial charge in [0.15, 0.2) is 0 Å². The Kier molecular flexibility index (Phi) is 5.49. The minimum absolute atomic E-state index is 0.0982. The molecule has 47 heavy (non-hydrogen) atoms. The van der Waals surface area contributed by atoms with Crippen molar-refractivity contribution in [3.8, 4) is 11.4 Å². The molecular formula is C45H34N2. The van der Waals surface area contributed by atoms with Crippen molar-refractivity contribution in [2.45, 2.75) is 31.6 Å². The highest BCUT2D eigenvalue weighted by Crippen LogP contribution is 2.55. The van der Waals surface area contributed by atoms with E-state index in [2.05, 4.69) is 175 Å². The molecule has 0 amide bonds. The van der Waals surface area contributed by atoms with E-state index in [1.807, 2.05) is 0 Å². The van der Waals surface area contributed by atoms with E-state index in [0.717, 1.165) is 6.42 Å². The molecule has 1 atom stereocenters. The monoisotopic (exact) mass is 602 g/mol. The Morgan fingerprint density at radius 2 is 1.04 bits per heavy atom. The van der Waals surface area contributed by atoms with E-state index in [4.69, 9.17) is 0 Å². The van der Waals surface area contributed by atoms with Crippen LogP contribution in [-0.4, -0.2) is 9.13 Å². The molecule has 0 fully saturated rings. The predicted octanol–water partition coefficient (Wildman–Crippen LogP) is 11.7. The number of allylic oxidation sites excluding steroid dienone is 4. The van der Waals surface area contributed by atoms with Gasteiger partial charge in [-0.3, -0.25) is 0 Å². The molecule has 0 radical (unpaired) electrons. The van der Waals surface area contributed by atoms with Crippen LogP contribution in [0.1, 0.15) is 42.9 Å². The first kappa shape index (κ1) is 26.6. The zero-order valence-electron chi connectivity index (χ0n) is 26.6. The Bertz CT molecular complexity index is 2530. The highest BCUT2D eigenvalue weighted by molar-refractivity contribution is 6.10. The second kappa shape index (κ2) is 9.70. The zero-order valence-corrected chi connectivity index (χ0v) is 26.6. The van der Waals surface area contributed by atoms with Gasteiger partial charge in [0.2, 0.25) is 0 Å². The molecule has 0 spiro atoms. The lowest BCUT2D eigenvalue weighted by atomic mass is 9.77. The summed E-state index contributed by atoms with van der Waals surface area (Å²) in [7, 11) is 0. The van der Waals surface area contributed by atoms with Crippen LogP contribution < -0.4 is 0 Å². The lowest BCUT2D eigenvalue weighted by Gasteiger charge is -2.27. The summed E-state index contributed by atoms with van der Waals surface area (Å²) in [4.78, 5) is 0. The van der Waals surface area contributed by atoms with Crippen LogP contribution in [0.3, 0.4) is 0 Å². The molecular weight excluding hydrogens is 569 g/mol. The van der Waals surface area contributed by atoms with Crippen molar-refractivity contribution in [2.24, 2.45) is 0 Å². The molecule has 2 aliphatic rings. The molecule has 2 aliphatic carbocycles. The van der Waals surface area contributed by atoms with E-state index in [1.165, 1.54) is 82.8 Å². The molecule has 0 saturated heterocycles. The molecule has 2 heterocycles. The van der Waals surface area contributed by atoms with Crippen molar-refractivity contribution < 1.29 is 0 Å². The van der Waals surface area contributed by atoms with Crippen LogP contribution in [0.4, 0.5) is 0 Å². The summed E-state index contributed by atoms with van der Waals surface area (Å²) in [5.74, 6) is 0.294. The van der Waals surface area contributed by atoms with Gasteiger partial charge in [-0.1, -0.05) is 117 Å². The van der Waals surface area contributed by atoms with Crippen molar-refractivity contribution in [3.63, 3.8) is 0 Å². The molecule has 0 aliphatic heterocycles. The number of para-hydroxylation sites is 4. The van der Waals surface area contributed by atoms with Crippen LogP contribution in [0.5, 0.6) is 0 Å². The number of benzene rings is 6. The summed E-state index contributed by atoms with van der Waals surface area (Å²) in [5.41, 5.74) is 14.5. The maximum atomic E-state index is 2.46. The molecule has 8 aromatic rings. The van der Waals surface area contributed by atoms with Crippen molar-refractivity contribution in [1.82, 2.24) is 9.13 Å². The number of rotatable bonds is 3. The number of nitrogens with zero attached hydrogens (tertiary/aromatic N) is 2. The Morgan fingerprint density at radius 1 is 0.532 bits per heavy atom. The van der Waals surface area contributed by atoms with E-state index in [9.17, 15) is 0 Å². The largest absolute Gasteiger partial charge is 0.309 e. The van der Waals surface area contributed by atoms with Crippen LogP contribution in [0.25, 0.3) is 60.6 Å². The van der Waals surface area contributed by atoms with Crippen molar-refractivity contribution >= 4 is 49.2 Å². The molecule has 1 unspecified atom stereocenters. The maximum Gasteiger partial charge on any atom is 0.0541 e. The van der Waals surface area contributed by atoms with Gasteiger partial charge in [0.1, 0.15) is 0 Å². The molecule has 2 aromatic heterocycles. The minimum Gasteiger partial charge on any atom is -0.309 e. The summed E-state index contributed by atoms with van der Waals surface area (Å²) < 4.78 is 4.88. The Morgan fingerprint density at radius 3 is 1.60 bits per heavy atom. The molecule has 6 aromatic carbocycles. The average Bonchev–Trinajstić information content (AvgIpc) is 3.72. The van der Waals surface area contributed by atoms with Crippen LogP contribution in [0, 0.1) is 0 Å². The average molecular weight is 603 g/mol. The third-order valence-electron chi connectivity index (χ3n) is 10.9. The lowest BCUT2D eigenvalue weighted by molar-refractivity contribution is 0.648. The first-order valence-electron chi connectivity index (χ1n) is 16.7. The number of hydrogen-bond acceptors (Lipinski definition) is 0. The summed E-state index contributed by atoms with van der Waals surface area (Å²) >= 11 is 0. The van der Waals surface area contributed by atoms with Gasteiger partial charge in [-0.25, -0.2) is 0 Å². The smallest absolute Gasteiger partial charge is 0.0541 e. The summed E-state index contributed by atoms with van der Waals surface area (Å²) in [6.45, 7) is 4.82. The molecule has 0 bridgehead atoms. The van der Waals surface area contributed by atoms with Gasteiger partial charge in [0.25, 0.3) is 0 Å². The molecule has 0 N–H and O–H groups in total. The highest BCUT2D eigenvalue weighted by Gasteiger charge is 2.41. The Hall–Kier alpha value is -5.60. The van der Waals surface area contributed by atoms with Gasteiger partial charge in [-0.05, 0) is 82.8 Å². The summed E-state index contributed by atoms with van der Waals surface area (Å²) in [6.07, 6.45) is 5.81. The summed E-state index contributed by atoms with van der Waals surface area (Å²) in [5, 5.41) is 5.19. The van der Waals surface area contributed by atoms with Gasteiger partial charge in [-0.15, -0.1) is 0 Å². The maximum absolute atomic E-state index is 2.46. The first-order chi connectivity index (χ1) is 23.1. The van der Waals surface area contributed by atoms with Crippen molar-refractivity contribution in [3.05, 3.63) is 174 Å². The SMILES string of the molecule is CC1(C)C2=C(c3ccc(-n4c5ccccc5c5ccccc54)cc31)C(c1cccc(-n3c4ccccc4c4ccccc43)c1)CC=C2. The Balaban J connectivity index is 1.12. The van der Waals surface area contributed by atoms with Gasteiger partial charge in [-0.2, -0.15) is 0 Å². The first-order valence-corrected chi connectivity index (χ1v) is 16.7. The molecule has 10 rings (SSSR count).